The van der Waals surface area contributed by atoms with Gasteiger partial charge in [-0.05, 0) is 50.6 Å². The van der Waals surface area contributed by atoms with Gasteiger partial charge in [-0.15, -0.1) is 24.0 Å². The Morgan fingerprint density at radius 1 is 1.17 bits per heavy atom. The SMILES string of the molecule is CC(C)(C)NC(=NCc1ccc(Br)cc1)NCCc1ccco1.I. The van der Waals surface area contributed by atoms with Crippen LogP contribution >= 0.6 is 39.9 Å². The van der Waals surface area contributed by atoms with Gasteiger partial charge in [0.25, 0.3) is 0 Å². The summed E-state index contributed by atoms with van der Waals surface area (Å²) in [6.45, 7) is 7.78. The van der Waals surface area contributed by atoms with E-state index in [1.165, 1.54) is 5.56 Å². The molecule has 2 aromatic rings. The first-order valence-electron chi connectivity index (χ1n) is 7.76. The second-order valence-corrected chi connectivity index (χ2v) is 7.34. The first kappa shape index (κ1) is 21.0. The van der Waals surface area contributed by atoms with Crippen molar-refractivity contribution in [2.75, 3.05) is 6.54 Å². The van der Waals surface area contributed by atoms with Crippen molar-refractivity contribution in [1.29, 1.82) is 0 Å². The third-order valence-corrected chi connectivity index (χ3v) is 3.60. The Balaban J connectivity index is 0.00000288. The lowest BCUT2D eigenvalue weighted by atomic mass is 10.1. The molecular weight excluding hydrogens is 481 g/mol. The van der Waals surface area contributed by atoms with E-state index in [4.69, 9.17) is 4.42 Å². The fraction of sp³-hybridized carbons (Fsp3) is 0.389. The summed E-state index contributed by atoms with van der Waals surface area (Å²) >= 11 is 3.45. The molecule has 0 aliphatic rings. The molecule has 1 aromatic heterocycles. The van der Waals surface area contributed by atoms with E-state index in [2.05, 4.69) is 64.5 Å². The molecule has 0 saturated heterocycles. The summed E-state index contributed by atoms with van der Waals surface area (Å²) < 4.78 is 6.43. The second-order valence-electron chi connectivity index (χ2n) is 6.42. The van der Waals surface area contributed by atoms with E-state index in [1.54, 1.807) is 6.26 Å². The Morgan fingerprint density at radius 2 is 1.88 bits per heavy atom. The van der Waals surface area contributed by atoms with Crippen molar-refractivity contribution in [2.24, 2.45) is 4.99 Å². The van der Waals surface area contributed by atoms with Gasteiger partial charge in [0, 0.05) is 23.0 Å². The Morgan fingerprint density at radius 3 is 2.46 bits per heavy atom. The van der Waals surface area contributed by atoms with Crippen molar-refractivity contribution in [3.63, 3.8) is 0 Å². The highest BCUT2D eigenvalue weighted by molar-refractivity contribution is 14.0. The predicted octanol–water partition coefficient (Wildman–Crippen LogP) is 4.74. The molecule has 0 amide bonds. The maximum atomic E-state index is 5.35. The number of hydrogen-bond acceptors (Lipinski definition) is 2. The van der Waals surface area contributed by atoms with Crippen molar-refractivity contribution in [3.8, 4) is 0 Å². The number of guanidine groups is 1. The monoisotopic (exact) mass is 505 g/mol. The molecule has 4 nitrogen and oxygen atoms in total. The van der Waals surface area contributed by atoms with Crippen LogP contribution in [0.25, 0.3) is 0 Å². The van der Waals surface area contributed by atoms with Crippen LogP contribution in [0.1, 0.15) is 32.1 Å². The maximum absolute atomic E-state index is 5.35. The van der Waals surface area contributed by atoms with Gasteiger partial charge in [-0.2, -0.15) is 0 Å². The van der Waals surface area contributed by atoms with Gasteiger partial charge < -0.3 is 15.1 Å². The molecule has 132 valence electrons. The summed E-state index contributed by atoms with van der Waals surface area (Å²) in [6.07, 6.45) is 2.53. The molecule has 0 atom stereocenters. The highest BCUT2D eigenvalue weighted by atomic mass is 127. The van der Waals surface area contributed by atoms with Crippen LogP contribution in [-0.4, -0.2) is 18.0 Å². The van der Waals surface area contributed by atoms with E-state index in [0.717, 1.165) is 29.2 Å². The lowest BCUT2D eigenvalue weighted by Crippen LogP contribution is -2.48. The van der Waals surface area contributed by atoms with E-state index in [9.17, 15) is 0 Å². The van der Waals surface area contributed by atoms with Crippen LogP contribution < -0.4 is 10.6 Å². The maximum Gasteiger partial charge on any atom is 0.192 e. The second kappa shape index (κ2) is 10.1. The molecule has 0 aliphatic carbocycles. The van der Waals surface area contributed by atoms with Gasteiger partial charge in [0.2, 0.25) is 0 Å². The number of halogens is 2. The largest absolute Gasteiger partial charge is 0.469 e. The van der Waals surface area contributed by atoms with Gasteiger partial charge in [0.05, 0.1) is 12.8 Å². The standard InChI is InChI=1S/C18H24BrN3O.HI/c1-18(2,3)22-17(20-11-10-16-5-4-12-23-16)21-13-14-6-8-15(19)9-7-14;/h4-9,12H,10-11,13H2,1-3H3,(H2,20,21,22);1H. The Bertz CT molecular complexity index is 619. The minimum Gasteiger partial charge on any atom is -0.469 e. The fourth-order valence-electron chi connectivity index (χ4n) is 2.01. The molecule has 0 unspecified atom stereocenters. The highest BCUT2D eigenvalue weighted by Gasteiger charge is 2.12. The molecule has 2 N–H and O–H groups in total. The number of aliphatic imine (C=N–C) groups is 1. The normalized spacial score (nSPS) is 11.8. The van der Waals surface area contributed by atoms with Gasteiger partial charge in [0.15, 0.2) is 5.96 Å². The average Bonchev–Trinajstić information content (AvgIpc) is 2.98. The van der Waals surface area contributed by atoms with Crippen molar-refractivity contribution < 1.29 is 4.42 Å². The number of benzene rings is 1. The molecule has 0 radical (unpaired) electrons. The van der Waals surface area contributed by atoms with Crippen LogP contribution in [-0.2, 0) is 13.0 Å². The van der Waals surface area contributed by atoms with Crippen LogP contribution in [0.4, 0.5) is 0 Å². The summed E-state index contributed by atoms with van der Waals surface area (Å²) in [5, 5.41) is 6.78. The molecule has 1 aromatic carbocycles. The molecule has 0 bridgehead atoms. The van der Waals surface area contributed by atoms with Crippen LogP contribution in [0, 0.1) is 0 Å². The van der Waals surface area contributed by atoms with Gasteiger partial charge in [-0.3, -0.25) is 0 Å². The van der Waals surface area contributed by atoms with E-state index >= 15 is 0 Å². The lowest BCUT2D eigenvalue weighted by molar-refractivity contribution is 0.492. The fourth-order valence-corrected chi connectivity index (χ4v) is 2.28. The molecule has 0 aliphatic heterocycles. The van der Waals surface area contributed by atoms with Gasteiger partial charge >= 0.3 is 0 Å². The zero-order valence-corrected chi connectivity index (χ0v) is 18.2. The van der Waals surface area contributed by atoms with E-state index < -0.39 is 0 Å². The van der Waals surface area contributed by atoms with Crippen molar-refractivity contribution in [3.05, 3.63) is 58.5 Å². The first-order chi connectivity index (χ1) is 10.9. The minimum absolute atomic E-state index is 0. The van der Waals surface area contributed by atoms with Gasteiger partial charge in [0.1, 0.15) is 5.76 Å². The quantitative estimate of drug-likeness (QED) is 0.350. The zero-order chi connectivity index (χ0) is 16.7. The molecule has 0 spiro atoms. The molecule has 6 heteroatoms. The number of nitrogens with zero attached hydrogens (tertiary/aromatic N) is 1. The van der Waals surface area contributed by atoms with Crippen LogP contribution in [0.15, 0.2) is 56.5 Å². The first-order valence-corrected chi connectivity index (χ1v) is 8.55. The third kappa shape index (κ3) is 8.19. The van der Waals surface area contributed by atoms with Crippen LogP contribution in [0.3, 0.4) is 0 Å². The van der Waals surface area contributed by atoms with Crippen LogP contribution in [0.2, 0.25) is 0 Å². The summed E-state index contributed by atoms with van der Waals surface area (Å²) in [7, 11) is 0. The van der Waals surface area contributed by atoms with E-state index in [-0.39, 0.29) is 29.5 Å². The summed E-state index contributed by atoms with van der Waals surface area (Å²) in [6, 6.07) is 12.1. The molecular formula is C18H25BrIN3O. The number of rotatable bonds is 5. The predicted molar refractivity (Wildman–Crippen MR) is 114 cm³/mol. The van der Waals surface area contributed by atoms with Gasteiger partial charge in [-0.1, -0.05) is 28.1 Å². The Kier molecular flexibility index (Phi) is 8.83. The van der Waals surface area contributed by atoms with Crippen LogP contribution in [0.5, 0.6) is 0 Å². The van der Waals surface area contributed by atoms with Crippen molar-refractivity contribution >= 4 is 45.9 Å². The highest BCUT2D eigenvalue weighted by Crippen LogP contribution is 2.11. The van der Waals surface area contributed by atoms with E-state index in [0.29, 0.717) is 6.54 Å². The number of furan rings is 1. The minimum atomic E-state index is -0.0454. The lowest BCUT2D eigenvalue weighted by Gasteiger charge is -2.24. The van der Waals surface area contributed by atoms with Crippen molar-refractivity contribution in [2.45, 2.75) is 39.3 Å². The number of nitrogens with one attached hydrogen (secondary N) is 2. The number of hydrogen-bond donors (Lipinski definition) is 2. The molecule has 1 heterocycles. The van der Waals surface area contributed by atoms with E-state index in [1.807, 2.05) is 24.3 Å². The summed E-state index contributed by atoms with van der Waals surface area (Å²) in [5.41, 5.74) is 1.13. The third-order valence-electron chi connectivity index (χ3n) is 3.07. The summed E-state index contributed by atoms with van der Waals surface area (Å²) in [4.78, 5) is 4.68. The molecule has 24 heavy (non-hydrogen) atoms. The molecule has 2 rings (SSSR count). The molecule has 0 saturated carbocycles. The smallest absolute Gasteiger partial charge is 0.192 e. The average molecular weight is 506 g/mol. The zero-order valence-electron chi connectivity index (χ0n) is 14.3. The molecule has 0 fully saturated rings. The Hall–Kier alpha value is -1.02. The van der Waals surface area contributed by atoms with Crippen molar-refractivity contribution in [1.82, 2.24) is 10.6 Å². The topological polar surface area (TPSA) is 49.6 Å². The van der Waals surface area contributed by atoms with Gasteiger partial charge in [-0.25, -0.2) is 4.99 Å². The summed E-state index contributed by atoms with van der Waals surface area (Å²) in [5.74, 6) is 1.78. The Labute approximate surface area is 169 Å².